The molecule has 1 aromatic rings. The molecular formula is C12H19N3OS. The molecule has 0 aliphatic heterocycles. The summed E-state index contributed by atoms with van der Waals surface area (Å²) in [5, 5.41) is 5.89. The molecule has 0 bridgehead atoms. The number of carbonyl (C=O) groups is 1. The topological polar surface area (TPSA) is 68.0 Å². The number of thiazole rings is 1. The Morgan fingerprint density at radius 3 is 2.88 bits per heavy atom. The highest BCUT2D eigenvalue weighted by Crippen LogP contribution is 2.29. The third kappa shape index (κ3) is 3.51. The van der Waals surface area contributed by atoms with Crippen LogP contribution < -0.4 is 11.1 Å². The second-order valence-corrected chi connectivity index (χ2v) is 5.94. The molecule has 0 unspecified atom stereocenters. The average molecular weight is 253 g/mol. The molecule has 1 heterocycles. The molecule has 5 heteroatoms. The number of nitrogens with one attached hydrogen (secondary N) is 1. The summed E-state index contributed by atoms with van der Waals surface area (Å²) in [5.41, 5.74) is 6.83. The lowest BCUT2D eigenvalue weighted by Crippen LogP contribution is -2.42. The van der Waals surface area contributed by atoms with Gasteiger partial charge in [-0.25, -0.2) is 4.98 Å². The van der Waals surface area contributed by atoms with Crippen LogP contribution in [0.25, 0.3) is 0 Å². The fourth-order valence-electron chi connectivity index (χ4n) is 2.32. The number of nitrogens with two attached hydrogens (primary N) is 1. The van der Waals surface area contributed by atoms with E-state index in [0.717, 1.165) is 36.4 Å². The van der Waals surface area contributed by atoms with Crippen LogP contribution in [0.1, 0.15) is 42.8 Å². The van der Waals surface area contributed by atoms with Gasteiger partial charge in [0.1, 0.15) is 0 Å². The number of hydrogen-bond acceptors (Lipinski definition) is 4. The maximum absolute atomic E-state index is 11.8. The van der Waals surface area contributed by atoms with E-state index in [2.05, 4.69) is 10.3 Å². The van der Waals surface area contributed by atoms with Crippen LogP contribution in [0.5, 0.6) is 0 Å². The maximum atomic E-state index is 11.8. The SMILES string of the molecule is Cc1nc(CNC(=O)CC2(N)CCCC2)cs1. The van der Waals surface area contributed by atoms with Crippen molar-refractivity contribution in [2.24, 2.45) is 5.73 Å². The van der Waals surface area contributed by atoms with Crippen LogP contribution in [-0.2, 0) is 11.3 Å². The van der Waals surface area contributed by atoms with Gasteiger partial charge < -0.3 is 11.1 Å². The molecule has 1 amide bonds. The van der Waals surface area contributed by atoms with Crippen LogP contribution in [-0.4, -0.2) is 16.4 Å². The molecule has 17 heavy (non-hydrogen) atoms. The second kappa shape index (κ2) is 5.14. The Morgan fingerprint density at radius 1 is 1.59 bits per heavy atom. The minimum atomic E-state index is -0.262. The summed E-state index contributed by atoms with van der Waals surface area (Å²) in [4.78, 5) is 16.1. The number of aromatic nitrogens is 1. The molecule has 94 valence electrons. The number of aryl methyl sites for hydroxylation is 1. The fourth-order valence-corrected chi connectivity index (χ4v) is 2.93. The van der Waals surface area contributed by atoms with Gasteiger partial charge in [-0.1, -0.05) is 12.8 Å². The maximum Gasteiger partial charge on any atom is 0.222 e. The van der Waals surface area contributed by atoms with E-state index in [1.54, 1.807) is 11.3 Å². The molecule has 0 atom stereocenters. The molecule has 0 radical (unpaired) electrons. The summed E-state index contributed by atoms with van der Waals surface area (Å²) in [6.07, 6.45) is 4.67. The molecule has 2 rings (SSSR count). The van der Waals surface area contributed by atoms with Crippen LogP contribution in [0.4, 0.5) is 0 Å². The van der Waals surface area contributed by atoms with E-state index < -0.39 is 0 Å². The van der Waals surface area contributed by atoms with E-state index in [9.17, 15) is 4.79 Å². The van der Waals surface area contributed by atoms with Crippen LogP contribution >= 0.6 is 11.3 Å². The van der Waals surface area contributed by atoms with E-state index in [1.165, 1.54) is 0 Å². The van der Waals surface area contributed by atoms with Gasteiger partial charge in [-0.2, -0.15) is 0 Å². The first-order valence-corrected chi connectivity index (χ1v) is 6.92. The molecule has 4 nitrogen and oxygen atoms in total. The first-order valence-electron chi connectivity index (χ1n) is 6.04. The first kappa shape index (κ1) is 12.5. The fraction of sp³-hybridized carbons (Fsp3) is 0.667. The Balaban J connectivity index is 1.77. The monoisotopic (exact) mass is 253 g/mol. The highest BCUT2D eigenvalue weighted by molar-refractivity contribution is 7.09. The molecule has 1 aromatic heterocycles. The van der Waals surface area contributed by atoms with Gasteiger partial charge in [0, 0.05) is 17.3 Å². The van der Waals surface area contributed by atoms with Crippen molar-refractivity contribution < 1.29 is 4.79 Å². The van der Waals surface area contributed by atoms with E-state index in [4.69, 9.17) is 5.73 Å². The van der Waals surface area contributed by atoms with E-state index in [1.807, 2.05) is 12.3 Å². The van der Waals surface area contributed by atoms with E-state index in [0.29, 0.717) is 13.0 Å². The van der Waals surface area contributed by atoms with Crippen molar-refractivity contribution in [3.05, 3.63) is 16.1 Å². The molecule has 0 saturated heterocycles. The minimum absolute atomic E-state index is 0.0417. The number of carbonyl (C=O) groups excluding carboxylic acids is 1. The number of nitrogens with zero attached hydrogens (tertiary/aromatic N) is 1. The van der Waals surface area contributed by atoms with Gasteiger partial charge in [0.2, 0.25) is 5.91 Å². The predicted molar refractivity (Wildman–Crippen MR) is 68.7 cm³/mol. The van der Waals surface area contributed by atoms with E-state index in [-0.39, 0.29) is 11.4 Å². The summed E-state index contributed by atoms with van der Waals surface area (Å²) in [6.45, 7) is 2.47. The van der Waals surface area contributed by atoms with Gasteiger partial charge in [0.25, 0.3) is 0 Å². The molecule has 1 aliphatic carbocycles. The second-order valence-electron chi connectivity index (χ2n) is 4.88. The largest absolute Gasteiger partial charge is 0.350 e. The van der Waals surface area contributed by atoms with Crippen molar-refractivity contribution in [2.75, 3.05) is 0 Å². The van der Waals surface area contributed by atoms with Crippen LogP contribution in [0.2, 0.25) is 0 Å². The van der Waals surface area contributed by atoms with Crippen molar-refractivity contribution in [1.82, 2.24) is 10.3 Å². The van der Waals surface area contributed by atoms with Gasteiger partial charge in [0.15, 0.2) is 0 Å². The number of hydrogen-bond donors (Lipinski definition) is 2. The zero-order chi connectivity index (χ0) is 12.3. The van der Waals surface area contributed by atoms with Gasteiger partial charge in [-0.15, -0.1) is 11.3 Å². The third-order valence-electron chi connectivity index (χ3n) is 3.25. The van der Waals surface area contributed by atoms with Crippen molar-refractivity contribution in [2.45, 2.75) is 51.1 Å². The molecule has 1 fully saturated rings. The molecule has 1 saturated carbocycles. The lowest BCUT2D eigenvalue weighted by Gasteiger charge is -2.22. The van der Waals surface area contributed by atoms with Crippen molar-refractivity contribution in [1.29, 1.82) is 0 Å². The Hall–Kier alpha value is -0.940. The lowest BCUT2D eigenvalue weighted by molar-refractivity contribution is -0.122. The summed E-state index contributed by atoms with van der Waals surface area (Å²) in [7, 11) is 0. The predicted octanol–water partition coefficient (Wildman–Crippen LogP) is 1.73. The van der Waals surface area contributed by atoms with Crippen molar-refractivity contribution >= 4 is 17.2 Å². The summed E-state index contributed by atoms with van der Waals surface area (Å²) in [6, 6.07) is 0. The summed E-state index contributed by atoms with van der Waals surface area (Å²) < 4.78 is 0. The molecule has 3 N–H and O–H groups in total. The van der Waals surface area contributed by atoms with E-state index >= 15 is 0 Å². The first-order chi connectivity index (χ1) is 8.07. The van der Waals surface area contributed by atoms with Gasteiger partial charge in [-0.05, 0) is 19.8 Å². The highest BCUT2D eigenvalue weighted by Gasteiger charge is 2.31. The van der Waals surface area contributed by atoms with Crippen LogP contribution in [0.15, 0.2) is 5.38 Å². The quantitative estimate of drug-likeness (QED) is 0.858. The molecular weight excluding hydrogens is 234 g/mol. The smallest absolute Gasteiger partial charge is 0.222 e. The standard InChI is InChI=1S/C12H19N3OS/c1-9-15-10(8-17-9)7-14-11(16)6-12(13)4-2-3-5-12/h8H,2-7,13H2,1H3,(H,14,16). The zero-order valence-corrected chi connectivity index (χ0v) is 11.0. The van der Waals surface area contributed by atoms with Gasteiger partial charge in [-0.3, -0.25) is 4.79 Å². The Morgan fingerprint density at radius 2 is 2.29 bits per heavy atom. The summed E-state index contributed by atoms with van der Waals surface area (Å²) in [5.74, 6) is 0.0417. The average Bonchev–Trinajstić information content (AvgIpc) is 2.85. The van der Waals surface area contributed by atoms with Gasteiger partial charge in [0.05, 0.1) is 17.2 Å². The Kier molecular flexibility index (Phi) is 3.79. The minimum Gasteiger partial charge on any atom is -0.350 e. The molecule has 0 aromatic carbocycles. The van der Waals surface area contributed by atoms with Crippen molar-refractivity contribution in [3.8, 4) is 0 Å². The summed E-state index contributed by atoms with van der Waals surface area (Å²) >= 11 is 1.60. The molecule has 0 spiro atoms. The van der Waals surface area contributed by atoms with Gasteiger partial charge >= 0.3 is 0 Å². The van der Waals surface area contributed by atoms with Crippen molar-refractivity contribution in [3.63, 3.8) is 0 Å². The third-order valence-corrected chi connectivity index (χ3v) is 4.07. The number of amides is 1. The highest BCUT2D eigenvalue weighted by atomic mass is 32.1. The molecule has 1 aliphatic rings. The van der Waals surface area contributed by atoms with Crippen LogP contribution in [0.3, 0.4) is 0 Å². The van der Waals surface area contributed by atoms with Crippen LogP contribution in [0, 0.1) is 6.92 Å². The lowest BCUT2D eigenvalue weighted by atomic mass is 9.94. The zero-order valence-electron chi connectivity index (χ0n) is 10.2. The normalized spacial score (nSPS) is 18.2. The number of rotatable bonds is 4. The Bertz CT molecular complexity index is 396. The Labute approximate surface area is 106 Å².